The molecule has 1 N–H and O–H groups in total. The van der Waals surface area contributed by atoms with Crippen molar-refractivity contribution in [2.45, 2.75) is 19.0 Å². The topological polar surface area (TPSA) is 54.5 Å². The molecular formula is C28H27N3O2. The molecule has 2 heterocycles. The third-order valence-corrected chi connectivity index (χ3v) is 6.25. The van der Waals surface area contributed by atoms with Crippen molar-refractivity contribution in [3.63, 3.8) is 0 Å². The Kier molecular flexibility index (Phi) is 6.31. The first kappa shape index (κ1) is 21.2. The number of carbonyl (C=O) groups is 1. The van der Waals surface area contributed by atoms with E-state index in [0.29, 0.717) is 12.3 Å². The predicted molar refractivity (Wildman–Crippen MR) is 130 cm³/mol. The van der Waals surface area contributed by atoms with Crippen LogP contribution in [0.2, 0.25) is 0 Å². The van der Waals surface area contributed by atoms with Crippen LogP contribution in [0.1, 0.15) is 22.7 Å². The SMILES string of the molecule is O=C(COc1ccc2ccccc2c1)NC[C@H](c1cccnc1)N1CCc2ccccc2C1. The van der Waals surface area contributed by atoms with Gasteiger partial charge in [0.25, 0.3) is 5.91 Å². The number of aromatic nitrogens is 1. The second kappa shape index (κ2) is 9.84. The van der Waals surface area contributed by atoms with Gasteiger partial charge in [-0.2, -0.15) is 0 Å². The molecule has 0 spiro atoms. The number of hydrogen-bond donors (Lipinski definition) is 1. The molecule has 1 aliphatic heterocycles. The van der Waals surface area contributed by atoms with E-state index in [4.69, 9.17) is 4.74 Å². The summed E-state index contributed by atoms with van der Waals surface area (Å²) in [6, 6.07) is 26.6. The highest BCUT2D eigenvalue weighted by molar-refractivity contribution is 5.84. The molecule has 5 rings (SSSR count). The summed E-state index contributed by atoms with van der Waals surface area (Å²) in [5.41, 5.74) is 3.86. The molecule has 0 saturated carbocycles. The molecular weight excluding hydrogens is 410 g/mol. The van der Waals surface area contributed by atoms with Gasteiger partial charge >= 0.3 is 0 Å². The Labute approximate surface area is 194 Å². The van der Waals surface area contributed by atoms with Crippen LogP contribution in [0, 0.1) is 0 Å². The van der Waals surface area contributed by atoms with Gasteiger partial charge in [0.05, 0.1) is 6.04 Å². The number of nitrogens with one attached hydrogen (secondary N) is 1. The summed E-state index contributed by atoms with van der Waals surface area (Å²) in [7, 11) is 0. The molecule has 0 fully saturated rings. The largest absolute Gasteiger partial charge is 0.484 e. The molecule has 3 aromatic carbocycles. The smallest absolute Gasteiger partial charge is 0.258 e. The average Bonchev–Trinajstić information content (AvgIpc) is 2.88. The van der Waals surface area contributed by atoms with Crippen molar-refractivity contribution in [2.75, 3.05) is 19.7 Å². The van der Waals surface area contributed by atoms with Gasteiger partial charge in [-0.15, -0.1) is 0 Å². The molecule has 4 aromatic rings. The monoisotopic (exact) mass is 437 g/mol. The van der Waals surface area contributed by atoms with E-state index >= 15 is 0 Å². The highest BCUT2D eigenvalue weighted by atomic mass is 16.5. The van der Waals surface area contributed by atoms with Gasteiger partial charge in [-0.25, -0.2) is 0 Å². The zero-order chi connectivity index (χ0) is 22.5. The quantitative estimate of drug-likeness (QED) is 0.462. The summed E-state index contributed by atoms with van der Waals surface area (Å²) in [5.74, 6) is 0.565. The minimum absolute atomic E-state index is 0.0130. The van der Waals surface area contributed by atoms with Crippen LogP contribution in [-0.2, 0) is 17.8 Å². The number of ether oxygens (including phenoxy) is 1. The maximum absolute atomic E-state index is 12.6. The molecule has 0 saturated heterocycles. The first-order chi connectivity index (χ1) is 16.3. The summed E-state index contributed by atoms with van der Waals surface area (Å²) in [4.78, 5) is 19.4. The second-order valence-electron chi connectivity index (χ2n) is 8.39. The zero-order valence-electron chi connectivity index (χ0n) is 18.5. The van der Waals surface area contributed by atoms with E-state index in [2.05, 4.69) is 51.6 Å². The minimum atomic E-state index is -0.130. The first-order valence-electron chi connectivity index (χ1n) is 11.4. The van der Waals surface area contributed by atoms with Crippen molar-refractivity contribution in [3.8, 4) is 5.75 Å². The number of hydrogen-bond acceptors (Lipinski definition) is 4. The third-order valence-electron chi connectivity index (χ3n) is 6.25. The van der Waals surface area contributed by atoms with Crippen molar-refractivity contribution < 1.29 is 9.53 Å². The molecule has 166 valence electrons. The summed E-state index contributed by atoms with van der Waals surface area (Å²) < 4.78 is 5.77. The fourth-order valence-electron chi connectivity index (χ4n) is 4.48. The lowest BCUT2D eigenvalue weighted by Crippen LogP contribution is -2.41. The van der Waals surface area contributed by atoms with Crippen LogP contribution in [0.5, 0.6) is 5.75 Å². The van der Waals surface area contributed by atoms with Gasteiger partial charge in [0, 0.05) is 32.0 Å². The van der Waals surface area contributed by atoms with E-state index in [1.165, 1.54) is 11.1 Å². The Bertz CT molecular complexity index is 1240. The number of fused-ring (bicyclic) bond motifs is 2. The van der Waals surface area contributed by atoms with E-state index in [1.54, 1.807) is 6.20 Å². The van der Waals surface area contributed by atoms with Crippen molar-refractivity contribution >= 4 is 16.7 Å². The van der Waals surface area contributed by atoms with Crippen molar-refractivity contribution in [3.05, 3.63) is 108 Å². The second-order valence-corrected chi connectivity index (χ2v) is 8.39. The Morgan fingerprint density at radius 1 is 0.970 bits per heavy atom. The number of benzene rings is 3. The van der Waals surface area contributed by atoms with Gasteiger partial charge in [-0.3, -0.25) is 14.7 Å². The highest BCUT2D eigenvalue weighted by Crippen LogP contribution is 2.27. The average molecular weight is 438 g/mol. The van der Waals surface area contributed by atoms with Crippen LogP contribution in [0.25, 0.3) is 10.8 Å². The van der Waals surface area contributed by atoms with Gasteiger partial charge in [0.15, 0.2) is 6.61 Å². The van der Waals surface area contributed by atoms with Gasteiger partial charge in [0.1, 0.15) is 5.75 Å². The molecule has 0 aliphatic carbocycles. The van der Waals surface area contributed by atoms with E-state index < -0.39 is 0 Å². The van der Waals surface area contributed by atoms with Crippen LogP contribution in [0.15, 0.2) is 91.3 Å². The Morgan fingerprint density at radius 2 is 1.79 bits per heavy atom. The number of nitrogens with zero attached hydrogens (tertiary/aromatic N) is 2. The van der Waals surface area contributed by atoms with E-state index in [9.17, 15) is 4.79 Å². The normalized spacial score (nSPS) is 14.4. The zero-order valence-corrected chi connectivity index (χ0v) is 18.5. The van der Waals surface area contributed by atoms with Crippen LogP contribution in [0.4, 0.5) is 0 Å². The van der Waals surface area contributed by atoms with E-state index in [1.807, 2.05) is 48.7 Å². The standard InChI is InChI=1S/C28H27N3O2/c32-28(20-33-26-12-11-21-6-1-3-8-23(21)16-26)30-18-27(24-10-5-14-29-17-24)31-15-13-22-7-2-4-9-25(22)19-31/h1-12,14,16-17,27H,13,15,18-20H2,(H,30,32)/t27-/m1/s1. The molecule has 1 atom stereocenters. The molecule has 1 aliphatic rings. The van der Waals surface area contributed by atoms with Crippen molar-refractivity contribution in [2.24, 2.45) is 0 Å². The van der Waals surface area contributed by atoms with Crippen molar-refractivity contribution in [1.82, 2.24) is 15.2 Å². The summed E-state index contributed by atoms with van der Waals surface area (Å²) in [5, 5.41) is 5.32. The molecule has 0 unspecified atom stereocenters. The van der Waals surface area contributed by atoms with Crippen LogP contribution >= 0.6 is 0 Å². The predicted octanol–water partition coefficient (Wildman–Crippen LogP) is 4.53. The molecule has 0 radical (unpaired) electrons. The van der Waals surface area contributed by atoms with Crippen LogP contribution in [-0.4, -0.2) is 35.5 Å². The Morgan fingerprint density at radius 3 is 2.64 bits per heavy atom. The third kappa shape index (κ3) is 5.04. The summed E-state index contributed by atoms with van der Waals surface area (Å²) in [6.45, 7) is 2.30. The number of amides is 1. The lowest BCUT2D eigenvalue weighted by molar-refractivity contribution is -0.123. The van der Waals surface area contributed by atoms with Crippen molar-refractivity contribution in [1.29, 1.82) is 0 Å². The fourth-order valence-corrected chi connectivity index (χ4v) is 4.48. The van der Waals surface area contributed by atoms with E-state index in [0.717, 1.165) is 35.8 Å². The molecule has 5 heteroatoms. The lowest BCUT2D eigenvalue weighted by Gasteiger charge is -2.36. The lowest BCUT2D eigenvalue weighted by atomic mass is 9.97. The minimum Gasteiger partial charge on any atom is -0.484 e. The van der Waals surface area contributed by atoms with Gasteiger partial charge in [-0.1, -0.05) is 60.7 Å². The van der Waals surface area contributed by atoms with Gasteiger partial charge in [0.2, 0.25) is 0 Å². The molecule has 33 heavy (non-hydrogen) atoms. The summed E-state index contributed by atoms with van der Waals surface area (Å²) >= 11 is 0. The molecule has 0 bridgehead atoms. The van der Waals surface area contributed by atoms with Gasteiger partial charge < -0.3 is 10.1 Å². The van der Waals surface area contributed by atoms with Gasteiger partial charge in [-0.05, 0) is 52.1 Å². The number of pyridine rings is 1. The highest BCUT2D eigenvalue weighted by Gasteiger charge is 2.25. The summed E-state index contributed by atoms with van der Waals surface area (Å²) in [6.07, 6.45) is 4.68. The van der Waals surface area contributed by atoms with E-state index in [-0.39, 0.29) is 18.6 Å². The van der Waals surface area contributed by atoms with Crippen LogP contribution < -0.4 is 10.1 Å². The Balaban J connectivity index is 1.23. The van der Waals surface area contributed by atoms with Crippen LogP contribution in [0.3, 0.4) is 0 Å². The first-order valence-corrected chi connectivity index (χ1v) is 11.4. The molecule has 5 nitrogen and oxygen atoms in total. The maximum atomic E-state index is 12.6. The molecule has 1 amide bonds. The molecule has 1 aromatic heterocycles. The number of rotatable bonds is 7. The fraction of sp³-hybridized carbons (Fsp3) is 0.214. The number of carbonyl (C=O) groups excluding carboxylic acids is 1. The Hall–Kier alpha value is -3.70. The maximum Gasteiger partial charge on any atom is 0.258 e.